The summed E-state index contributed by atoms with van der Waals surface area (Å²) in [7, 11) is 0. The summed E-state index contributed by atoms with van der Waals surface area (Å²) in [4.78, 5) is 14.5. The first-order valence-corrected chi connectivity index (χ1v) is 6.24. The Hall–Kier alpha value is -1.84. The van der Waals surface area contributed by atoms with Crippen molar-refractivity contribution in [2.75, 3.05) is 13.2 Å². The lowest BCUT2D eigenvalue weighted by atomic mass is 9.94. The van der Waals surface area contributed by atoms with Gasteiger partial charge in [-0.3, -0.25) is 4.79 Å². The Labute approximate surface area is 112 Å². The zero-order valence-corrected chi connectivity index (χ0v) is 10.9. The lowest BCUT2D eigenvalue weighted by molar-refractivity contribution is 0.0212. The molecule has 0 spiro atoms. The molecule has 6 nitrogen and oxygen atoms in total. The number of hydrogen-bond donors (Lipinski definition) is 4. The van der Waals surface area contributed by atoms with Gasteiger partial charge in [-0.15, -0.1) is 0 Å². The monoisotopic (exact) mass is 265 g/mol. The molecule has 0 saturated heterocycles. The van der Waals surface area contributed by atoms with Crippen molar-refractivity contribution in [3.05, 3.63) is 23.5 Å². The van der Waals surface area contributed by atoms with Crippen molar-refractivity contribution in [1.29, 1.82) is 5.26 Å². The summed E-state index contributed by atoms with van der Waals surface area (Å²) in [5.41, 5.74) is -0.336. The fraction of sp³-hybridized carbons (Fsp3) is 0.538. The van der Waals surface area contributed by atoms with Crippen LogP contribution in [0.5, 0.6) is 0 Å². The Balaban J connectivity index is 2.55. The first-order valence-electron chi connectivity index (χ1n) is 6.24. The number of carbonyl (C=O) groups is 1. The number of aromatic amines is 1. The summed E-state index contributed by atoms with van der Waals surface area (Å²) in [5, 5.41) is 30.3. The fourth-order valence-electron chi connectivity index (χ4n) is 1.73. The predicted molar refractivity (Wildman–Crippen MR) is 69.4 cm³/mol. The van der Waals surface area contributed by atoms with Gasteiger partial charge >= 0.3 is 0 Å². The van der Waals surface area contributed by atoms with Crippen LogP contribution in [0, 0.1) is 11.3 Å². The molecule has 0 aliphatic rings. The van der Waals surface area contributed by atoms with Crippen molar-refractivity contribution in [2.45, 2.75) is 31.8 Å². The lowest BCUT2D eigenvalue weighted by Gasteiger charge is -2.26. The number of aromatic nitrogens is 1. The van der Waals surface area contributed by atoms with Crippen LogP contribution in [0.25, 0.3) is 0 Å². The van der Waals surface area contributed by atoms with E-state index >= 15 is 0 Å². The Morgan fingerprint density at radius 2 is 2.37 bits per heavy atom. The maximum Gasteiger partial charge on any atom is 0.267 e. The van der Waals surface area contributed by atoms with Crippen molar-refractivity contribution in [1.82, 2.24) is 10.3 Å². The van der Waals surface area contributed by atoms with E-state index in [0.29, 0.717) is 24.8 Å². The van der Waals surface area contributed by atoms with Gasteiger partial charge in [0.25, 0.3) is 5.91 Å². The molecule has 0 aromatic carbocycles. The Kier molecular flexibility index (Phi) is 5.55. The van der Waals surface area contributed by atoms with Gasteiger partial charge < -0.3 is 20.5 Å². The summed E-state index contributed by atoms with van der Waals surface area (Å²) >= 11 is 0. The molecule has 1 atom stereocenters. The zero-order valence-electron chi connectivity index (χ0n) is 10.9. The molecule has 0 saturated carbocycles. The largest absolute Gasteiger partial charge is 0.396 e. The molecule has 6 heteroatoms. The maximum atomic E-state index is 11.8. The molecule has 1 heterocycles. The first kappa shape index (κ1) is 15.2. The zero-order chi connectivity index (χ0) is 14.3. The number of hydrogen-bond acceptors (Lipinski definition) is 4. The van der Waals surface area contributed by atoms with E-state index in [-0.39, 0.29) is 24.8 Å². The second kappa shape index (κ2) is 6.92. The molecule has 0 aliphatic carbocycles. The highest BCUT2D eigenvalue weighted by atomic mass is 16.3. The smallest absolute Gasteiger partial charge is 0.267 e. The quantitative estimate of drug-likeness (QED) is 0.576. The number of rotatable bonds is 7. The topological polar surface area (TPSA) is 109 Å². The number of nitrogens with zero attached hydrogens (tertiary/aromatic N) is 1. The Bertz CT molecular complexity index is 464. The molecule has 1 aromatic rings. The molecule has 0 aliphatic heterocycles. The first-order chi connectivity index (χ1) is 9.04. The molecular formula is C13H19N3O3. The van der Waals surface area contributed by atoms with Crippen LogP contribution >= 0.6 is 0 Å². The van der Waals surface area contributed by atoms with Gasteiger partial charge in [-0.1, -0.05) is 6.92 Å². The van der Waals surface area contributed by atoms with E-state index in [9.17, 15) is 9.90 Å². The van der Waals surface area contributed by atoms with E-state index < -0.39 is 5.60 Å². The van der Waals surface area contributed by atoms with E-state index in [2.05, 4.69) is 10.3 Å². The van der Waals surface area contributed by atoms with Gasteiger partial charge in [-0.25, -0.2) is 0 Å². The van der Waals surface area contributed by atoms with E-state index in [4.69, 9.17) is 10.4 Å². The van der Waals surface area contributed by atoms with Gasteiger partial charge in [0.05, 0.1) is 11.2 Å². The fourth-order valence-corrected chi connectivity index (χ4v) is 1.73. The number of aliphatic hydroxyl groups excluding tert-OH is 1. The molecule has 0 bridgehead atoms. The molecule has 0 unspecified atom stereocenters. The molecule has 4 N–H and O–H groups in total. The third-order valence-electron chi connectivity index (χ3n) is 3.09. The molecule has 1 rings (SSSR count). The predicted octanol–water partition coefficient (Wildman–Crippen LogP) is 0.530. The normalized spacial score (nSPS) is 13.6. The number of nitrogens with one attached hydrogen (secondary N) is 2. The van der Waals surface area contributed by atoms with Crippen molar-refractivity contribution in [3.63, 3.8) is 0 Å². The number of nitriles is 1. The highest BCUT2D eigenvalue weighted by molar-refractivity contribution is 5.92. The van der Waals surface area contributed by atoms with Crippen LogP contribution in [0.15, 0.2) is 12.3 Å². The average molecular weight is 265 g/mol. The summed E-state index contributed by atoms with van der Waals surface area (Å²) < 4.78 is 0. The van der Waals surface area contributed by atoms with Crippen molar-refractivity contribution in [2.24, 2.45) is 0 Å². The van der Waals surface area contributed by atoms with E-state index in [1.54, 1.807) is 0 Å². The van der Waals surface area contributed by atoms with Gasteiger partial charge in [0.15, 0.2) is 0 Å². The Morgan fingerprint density at radius 3 is 2.89 bits per heavy atom. The van der Waals surface area contributed by atoms with E-state index in [1.165, 1.54) is 12.3 Å². The number of H-pyrrole nitrogens is 1. The molecule has 1 amide bonds. The molecule has 19 heavy (non-hydrogen) atoms. The van der Waals surface area contributed by atoms with Gasteiger partial charge in [0.1, 0.15) is 11.8 Å². The number of amides is 1. The van der Waals surface area contributed by atoms with Crippen LogP contribution in [0.2, 0.25) is 0 Å². The minimum atomic E-state index is -1.01. The molecular weight excluding hydrogens is 246 g/mol. The third kappa shape index (κ3) is 4.39. The minimum Gasteiger partial charge on any atom is -0.396 e. The van der Waals surface area contributed by atoms with Crippen molar-refractivity contribution < 1.29 is 15.0 Å². The van der Waals surface area contributed by atoms with E-state index in [1.807, 2.05) is 13.0 Å². The van der Waals surface area contributed by atoms with Gasteiger partial charge in [-0.2, -0.15) is 5.26 Å². The van der Waals surface area contributed by atoms with E-state index in [0.717, 1.165) is 0 Å². The molecule has 0 radical (unpaired) electrons. The average Bonchev–Trinajstić information content (AvgIpc) is 2.91. The van der Waals surface area contributed by atoms with Gasteiger partial charge in [-0.05, 0) is 25.3 Å². The van der Waals surface area contributed by atoms with Crippen molar-refractivity contribution >= 4 is 5.91 Å². The number of carbonyl (C=O) groups excluding carboxylic acids is 1. The van der Waals surface area contributed by atoms with Gasteiger partial charge in [0.2, 0.25) is 0 Å². The highest BCUT2D eigenvalue weighted by Gasteiger charge is 2.25. The Morgan fingerprint density at radius 1 is 1.63 bits per heavy atom. The molecule has 1 aromatic heterocycles. The second-order valence-electron chi connectivity index (χ2n) is 4.50. The molecule has 104 valence electrons. The summed E-state index contributed by atoms with van der Waals surface area (Å²) in [5.74, 6) is -0.364. The maximum absolute atomic E-state index is 11.8. The third-order valence-corrected chi connectivity index (χ3v) is 3.09. The van der Waals surface area contributed by atoms with Crippen LogP contribution < -0.4 is 5.32 Å². The van der Waals surface area contributed by atoms with Crippen LogP contribution in [-0.4, -0.2) is 39.9 Å². The highest BCUT2D eigenvalue weighted by Crippen LogP contribution is 2.16. The standard InChI is InChI=1S/C13H19N3O3/c1-2-13(19,4-3-5-17)9-16-12(18)11-6-10(7-14)8-15-11/h6,8,15,17,19H,2-5,9H2,1H3,(H,16,18)/t13-/m1/s1. The lowest BCUT2D eigenvalue weighted by Crippen LogP contribution is -2.42. The van der Waals surface area contributed by atoms with Crippen LogP contribution in [0.3, 0.4) is 0 Å². The van der Waals surface area contributed by atoms with Crippen LogP contribution in [-0.2, 0) is 0 Å². The van der Waals surface area contributed by atoms with Crippen LogP contribution in [0.4, 0.5) is 0 Å². The SMILES string of the molecule is CC[C@@](O)(CCCO)CNC(=O)c1cc(C#N)c[nH]1. The second-order valence-corrected chi connectivity index (χ2v) is 4.50. The van der Waals surface area contributed by atoms with Gasteiger partial charge in [0, 0.05) is 19.3 Å². The summed E-state index contributed by atoms with van der Waals surface area (Å²) in [6.45, 7) is 1.95. The number of aliphatic hydroxyl groups is 2. The van der Waals surface area contributed by atoms with Crippen molar-refractivity contribution in [3.8, 4) is 6.07 Å². The summed E-state index contributed by atoms with van der Waals surface area (Å²) in [6.07, 6.45) is 2.85. The van der Waals surface area contributed by atoms with Crippen LogP contribution in [0.1, 0.15) is 42.2 Å². The molecule has 0 fully saturated rings. The summed E-state index contributed by atoms with van der Waals surface area (Å²) in [6, 6.07) is 3.38. The minimum absolute atomic E-state index is 0.0123.